The zero-order valence-electron chi connectivity index (χ0n) is 18.7. The number of hydrogen-bond acceptors (Lipinski definition) is 7. The summed E-state index contributed by atoms with van der Waals surface area (Å²) >= 11 is 0. The number of rotatable bonds is 7. The van der Waals surface area contributed by atoms with Crippen LogP contribution in [0.5, 0.6) is 0 Å². The lowest BCUT2D eigenvalue weighted by Crippen LogP contribution is -2.38. The van der Waals surface area contributed by atoms with E-state index in [0.717, 1.165) is 50.8 Å². The molecule has 1 amide bonds. The molecular weight excluding hydrogens is 432 g/mol. The Morgan fingerprint density at radius 1 is 1.06 bits per heavy atom. The summed E-state index contributed by atoms with van der Waals surface area (Å²) in [6, 6.07) is 3.08. The number of carbonyl (C=O) groups is 1. The van der Waals surface area contributed by atoms with Crippen molar-refractivity contribution < 1.29 is 23.0 Å². The molecule has 2 aromatic rings. The first kappa shape index (κ1) is 23.3. The molecule has 0 saturated carbocycles. The van der Waals surface area contributed by atoms with Crippen molar-refractivity contribution >= 4 is 23.4 Å². The molecule has 0 unspecified atom stereocenters. The first-order chi connectivity index (χ1) is 16.0. The summed E-state index contributed by atoms with van der Waals surface area (Å²) in [5.41, 5.74) is 1.36. The lowest BCUT2D eigenvalue weighted by atomic mass is 10.0. The minimum atomic E-state index is -0.716. The third-order valence-electron chi connectivity index (χ3n) is 5.82. The van der Waals surface area contributed by atoms with Gasteiger partial charge in [0.25, 0.3) is 0 Å². The van der Waals surface area contributed by atoms with Crippen molar-refractivity contribution in [3.63, 3.8) is 0 Å². The number of morpholine rings is 1. The standard InChI is InChI=1S/C23H29F2N5O3/c1-15-21(28-20(31)12-17-10-18(24)13-19(25)11-17)22(30-4-8-33-9-5-30)29-23(27-15)26-14-16-2-6-32-7-3-16/h10-11,13,16H,2-9,12,14H2,1H3,(H,28,31)(H,26,27,29). The molecule has 10 heteroatoms. The summed E-state index contributed by atoms with van der Waals surface area (Å²) in [5.74, 6) is -0.216. The van der Waals surface area contributed by atoms with Gasteiger partial charge in [-0.2, -0.15) is 4.98 Å². The maximum absolute atomic E-state index is 13.5. The van der Waals surface area contributed by atoms with Crippen LogP contribution in [0.15, 0.2) is 18.2 Å². The monoisotopic (exact) mass is 461 g/mol. The van der Waals surface area contributed by atoms with Crippen molar-refractivity contribution in [1.82, 2.24) is 9.97 Å². The van der Waals surface area contributed by atoms with E-state index in [2.05, 4.69) is 20.5 Å². The number of amides is 1. The SMILES string of the molecule is Cc1nc(NCC2CCOCC2)nc(N2CCOCC2)c1NC(=O)Cc1cc(F)cc(F)c1. The third-order valence-corrected chi connectivity index (χ3v) is 5.82. The van der Waals surface area contributed by atoms with E-state index in [0.29, 0.717) is 55.4 Å². The van der Waals surface area contributed by atoms with Crippen LogP contribution in [-0.2, 0) is 20.7 Å². The highest BCUT2D eigenvalue weighted by Gasteiger charge is 2.22. The number of nitrogens with one attached hydrogen (secondary N) is 2. The molecule has 2 fully saturated rings. The topological polar surface area (TPSA) is 88.6 Å². The highest BCUT2D eigenvalue weighted by Crippen LogP contribution is 2.29. The van der Waals surface area contributed by atoms with E-state index in [-0.39, 0.29) is 12.0 Å². The Balaban J connectivity index is 1.52. The molecule has 0 spiro atoms. The third kappa shape index (κ3) is 6.35. The maximum atomic E-state index is 13.5. The van der Waals surface area contributed by atoms with Crippen molar-refractivity contribution in [2.45, 2.75) is 26.2 Å². The van der Waals surface area contributed by atoms with Gasteiger partial charge in [0.15, 0.2) is 5.82 Å². The van der Waals surface area contributed by atoms with Crippen LogP contribution in [-0.4, -0.2) is 61.9 Å². The zero-order valence-corrected chi connectivity index (χ0v) is 18.7. The summed E-state index contributed by atoms with van der Waals surface area (Å²) in [6.07, 6.45) is 1.83. The smallest absolute Gasteiger partial charge is 0.228 e. The Bertz CT molecular complexity index is 959. The first-order valence-electron chi connectivity index (χ1n) is 11.3. The number of aryl methyl sites for hydroxylation is 1. The van der Waals surface area contributed by atoms with Crippen molar-refractivity contribution in [2.75, 3.05) is 61.6 Å². The molecule has 4 rings (SSSR count). The molecule has 2 saturated heterocycles. The van der Waals surface area contributed by atoms with Crippen LogP contribution >= 0.6 is 0 Å². The van der Waals surface area contributed by atoms with Gasteiger partial charge < -0.3 is 25.0 Å². The minimum Gasteiger partial charge on any atom is -0.381 e. The van der Waals surface area contributed by atoms with Gasteiger partial charge in [0.2, 0.25) is 11.9 Å². The fraction of sp³-hybridized carbons (Fsp3) is 0.522. The van der Waals surface area contributed by atoms with E-state index in [1.165, 1.54) is 0 Å². The summed E-state index contributed by atoms with van der Waals surface area (Å²) in [4.78, 5) is 24.0. The second kappa shape index (κ2) is 10.8. The van der Waals surface area contributed by atoms with Crippen molar-refractivity contribution in [3.8, 4) is 0 Å². The largest absolute Gasteiger partial charge is 0.381 e. The molecule has 178 valence electrons. The van der Waals surface area contributed by atoms with Gasteiger partial charge in [-0.05, 0) is 43.4 Å². The fourth-order valence-corrected chi connectivity index (χ4v) is 4.06. The Hall–Kier alpha value is -2.85. The average molecular weight is 462 g/mol. The van der Waals surface area contributed by atoms with Gasteiger partial charge in [0.1, 0.15) is 17.3 Å². The Morgan fingerprint density at radius 2 is 1.73 bits per heavy atom. The quantitative estimate of drug-likeness (QED) is 0.656. The molecule has 8 nitrogen and oxygen atoms in total. The molecule has 2 N–H and O–H groups in total. The van der Waals surface area contributed by atoms with Crippen molar-refractivity contribution in [1.29, 1.82) is 0 Å². The van der Waals surface area contributed by atoms with Gasteiger partial charge in [0.05, 0.1) is 25.3 Å². The highest BCUT2D eigenvalue weighted by atomic mass is 19.1. The Morgan fingerprint density at radius 3 is 2.42 bits per heavy atom. The highest BCUT2D eigenvalue weighted by molar-refractivity contribution is 5.95. The molecular formula is C23H29F2N5O3. The summed E-state index contributed by atoms with van der Waals surface area (Å²) in [6.45, 7) is 6.48. The summed E-state index contributed by atoms with van der Waals surface area (Å²) < 4.78 is 37.9. The molecule has 33 heavy (non-hydrogen) atoms. The molecule has 3 heterocycles. The number of aromatic nitrogens is 2. The van der Waals surface area contributed by atoms with Gasteiger partial charge >= 0.3 is 0 Å². The Kier molecular flexibility index (Phi) is 7.66. The van der Waals surface area contributed by atoms with E-state index in [9.17, 15) is 13.6 Å². The van der Waals surface area contributed by atoms with Crippen LogP contribution in [0, 0.1) is 24.5 Å². The Labute approximate surface area is 191 Å². The molecule has 2 aliphatic heterocycles. The zero-order chi connectivity index (χ0) is 23.2. The van der Waals surface area contributed by atoms with Crippen LogP contribution in [0.4, 0.5) is 26.2 Å². The summed E-state index contributed by atoms with van der Waals surface area (Å²) in [5, 5.41) is 6.20. The number of nitrogens with zero attached hydrogens (tertiary/aromatic N) is 3. The van der Waals surface area contributed by atoms with Crippen LogP contribution in [0.1, 0.15) is 24.1 Å². The molecule has 0 radical (unpaired) electrons. The number of halogens is 2. The van der Waals surface area contributed by atoms with E-state index in [1.54, 1.807) is 0 Å². The van der Waals surface area contributed by atoms with E-state index < -0.39 is 17.5 Å². The lowest BCUT2D eigenvalue weighted by molar-refractivity contribution is -0.115. The number of benzene rings is 1. The average Bonchev–Trinajstić information content (AvgIpc) is 2.79. The number of hydrogen-bond donors (Lipinski definition) is 2. The predicted molar refractivity (Wildman–Crippen MR) is 121 cm³/mol. The van der Waals surface area contributed by atoms with Crippen molar-refractivity contribution in [3.05, 3.63) is 41.1 Å². The van der Waals surface area contributed by atoms with E-state index in [4.69, 9.17) is 14.5 Å². The second-order valence-electron chi connectivity index (χ2n) is 8.37. The van der Waals surface area contributed by atoms with Gasteiger partial charge in [-0.25, -0.2) is 13.8 Å². The second-order valence-corrected chi connectivity index (χ2v) is 8.37. The molecule has 1 aromatic heterocycles. The molecule has 1 aromatic carbocycles. The molecule has 0 aliphatic carbocycles. The van der Waals surface area contributed by atoms with E-state index >= 15 is 0 Å². The van der Waals surface area contributed by atoms with E-state index in [1.807, 2.05) is 6.92 Å². The minimum absolute atomic E-state index is 0.166. The maximum Gasteiger partial charge on any atom is 0.228 e. The molecule has 0 bridgehead atoms. The summed E-state index contributed by atoms with van der Waals surface area (Å²) in [7, 11) is 0. The predicted octanol–water partition coefficient (Wildman–Crippen LogP) is 2.92. The number of anilines is 3. The van der Waals surface area contributed by atoms with Gasteiger partial charge in [-0.1, -0.05) is 0 Å². The van der Waals surface area contributed by atoms with Gasteiger partial charge in [0, 0.05) is 38.9 Å². The van der Waals surface area contributed by atoms with Gasteiger partial charge in [-0.3, -0.25) is 4.79 Å². The first-order valence-corrected chi connectivity index (χ1v) is 11.3. The van der Waals surface area contributed by atoms with Crippen LogP contribution in [0.25, 0.3) is 0 Å². The molecule has 0 atom stereocenters. The normalized spacial score (nSPS) is 17.1. The lowest BCUT2D eigenvalue weighted by Gasteiger charge is -2.30. The van der Waals surface area contributed by atoms with Crippen LogP contribution < -0.4 is 15.5 Å². The fourth-order valence-electron chi connectivity index (χ4n) is 4.06. The van der Waals surface area contributed by atoms with Crippen molar-refractivity contribution in [2.24, 2.45) is 5.92 Å². The van der Waals surface area contributed by atoms with Gasteiger partial charge in [-0.15, -0.1) is 0 Å². The number of carbonyl (C=O) groups excluding carboxylic acids is 1. The van der Waals surface area contributed by atoms with Crippen LogP contribution in [0.2, 0.25) is 0 Å². The van der Waals surface area contributed by atoms with Crippen LogP contribution in [0.3, 0.4) is 0 Å². The molecule has 2 aliphatic rings. The number of ether oxygens (including phenoxy) is 2.